The molecule has 0 saturated heterocycles. The fourth-order valence-electron chi connectivity index (χ4n) is 5.42. The minimum absolute atomic E-state index is 0.310. The Bertz CT molecular complexity index is 297. The molecule has 4 aliphatic rings. The summed E-state index contributed by atoms with van der Waals surface area (Å²) >= 11 is 0. The van der Waals surface area contributed by atoms with Gasteiger partial charge in [0.05, 0.1) is 6.10 Å². The van der Waals surface area contributed by atoms with Crippen LogP contribution in [0, 0.1) is 23.2 Å². The van der Waals surface area contributed by atoms with Crippen molar-refractivity contribution in [1.82, 2.24) is 0 Å². The van der Waals surface area contributed by atoms with Gasteiger partial charge in [0.2, 0.25) is 0 Å². The van der Waals surface area contributed by atoms with Crippen molar-refractivity contribution in [2.45, 2.75) is 51.6 Å². The molecule has 0 aromatic rings. The van der Waals surface area contributed by atoms with E-state index in [0.717, 1.165) is 17.8 Å². The van der Waals surface area contributed by atoms with Crippen molar-refractivity contribution < 1.29 is 5.11 Å². The van der Waals surface area contributed by atoms with Crippen LogP contribution in [0.4, 0.5) is 0 Å². The van der Waals surface area contributed by atoms with Crippen molar-refractivity contribution in [2.24, 2.45) is 28.9 Å². The lowest BCUT2D eigenvalue weighted by molar-refractivity contribution is -0.0401. The molecule has 4 saturated carbocycles. The maximum absolute atomic E-state index is 10.1. The number of hydrogen-bond donors (Lipinski definition) is 2. The maximum Gasteiger partial charge on any atom is 0.0727 e. The molecule has 0 aliphatic heterocycles. The zero-order chi connectivity index (χ0) is 12.0. The van der Waals surface area contributed by atoms with E-state index in [2.05, 4.69) is 6.08 Å². The zero-order valence-electron chi connectivity index (χ0n) is 10.9. The number of hydrogen-bond acceptors (Lipinski definition) is 2. The Morgan fingerprint density at radius 2 is 1.71 bits per heavy atom. The summed E-state index contributed by atoms with van der Waals surface area (Å²) < 4.78 is 0. The van der Waals surface area contributed by atoms with Gasteiger partial charge in [-0.3, -0.25) is 0 Å². The van der Waals surface area contributed by atoms with Crippen LogP contribution in [0.25, 0.3) is 0 Å². The van der Waals surface area contributed by atoms with Gasteiger partial charge in [-0.2, -0.15) is 0 Å². The Hall–Kier alpha value is -0.340. The van der Waals surface area contributed by atoms with E-state index in [9.17, 15) is 5.11 Å². The molecule has 4 aliphatic carbocycles. The second kappa shape index (κ2) is 4.10. The van der Waals surface area contributed by atoms with E-state index < -0.39 is 0 Å². The second-order valence-corrected chi connectivity index (χ2v) is 6.77. The first-order chi connectivity index (χ1) is 8.13. The molecule has 96 valence electrons. The molecule has 0 amide bonds. The summed E-state index contributed by atoms with van der Waals surface area (Å²) in [6.45, 7) is 2.49. The van der Waals surface area contributed by atoms with Crippen molar-refractivity contribution in [3.63, 3.8) is 0 Å². The Labute approximate surface area is 104 Å². The molecule has 4 bridgehead atoms. The van der Waals surface area contributed by atoms with Gasteiger partial charge < -0.3 is 10.8 Å². The molecule has 1 atom stereocenters. The predicted molar refractivity (Wildman–Crippen MR) is 69.4 cm³/mol. The van der Waals surface area contributed by atoms with Gasteiger partial charge in [0, 0.05) is 6.54 Å². The molecular weight excluding hydrogens is 210 g/mol. The lowest BCUT2D eigenvalue weighted by atomic mass is 9.47. The first kappa shape index (κ1) is 11.7. The van der Waals surface area contributed by atoms with E-state index in [-0.39, 0.29) is 6.10 Å². The van der Waals surface area contributed by atoms with E-state index in [4.69, 9.17) is 5.73 Å². The third-order valence-corrected chi connectivity index (χ3v) is 5.44. The van der Waals surface area contributed by atoms with Crippen molar-refractivity contribution in [1.29, 1.82) is 0 Å². The van der Waals surface area contributed by atoms with E-state index >= 15 is 0 Å². The van der Waals surface area contributed by atoms with Crippen molar-refractivity contribution in [3.8, 4) is 0 Å². The van der Waals surface area contributed by atoms with Crippen LogP contribution >= 0.6 is 0 Å². The van der Waals surface area contributed by atoms with Gasteiger partial charge in [0.25, 0.3) is 0 Å². The first-order valence-electron chi connectivity index (χ1n) is 7.21. The van der Waals surface area contributed by atoms with E-state index in [1.807, 2.05) is 6.92 Å². The minimum atomic E-state index is -0.310. The number of aliphatic hydroxyl groups is 1. The molecule has 0 radical (unpaired) electrons. The monoisotopic (exact) mass is 235 g/mol. The summed E-state index contributed by atoms with van der Waals surface area (Å²) in [7, 11) is 0. The Balaban J connectivity index is 1.92. The molecule has 1 unspecified atom stereocenters. The first-order valence-corrected chi connectivity index (χ1v) is 7.21. The lowest BCUT2D eigenvalue weighted by Crippen LogP contribution is -2.48. The second-order valence-electron chi connectivity index (χ2n) is 6.77. The molecule has 0 aromatic carbocycles. The normalized spacial score (nSPS) is 46.3. The topological polar surface area (TPSA) is 46.2 Å². The van der Waals surface area contributed by atoms with Gasteiger partial charge in [0.15, 0.2) is 0 Å². The average molecular weight is 235 g/mol. The maximum atomic E-state index is 10.1. The van der Waals surface area contributed by atoms with Crippen LogP contribution in [0.15, 0.2) is 11.6 Å². The molecule has 0 spiro atoms. The number of rotatable bonds is 3. The Kier molecular flexibility index (Phi) is 2.83. The van der Waals surface area contributed by atoms with Crippen molar-refractivity contribution >= 4 is 0 Å². The van der Waals surface area contributed by atoms with E-state index in [1.54, 1.807) is 0 Å². The third-order valence-electron chi connectivity index (χ3n) is 5.44. The van der Waals surface area contributed by atoms with Crippen molar-refractivity contribution in [3.05, 3.63) is 11.6 Å². The zero-order valence-corrected chi connectivity index (χ0v) is 10.9. The minimum Gasteiger partial charge on any atom is -0.389 e. The summed E-state index contributed by atoms with van der Waals surface area (Å²) in [5.41, 5.74) is 7.28. The van der Waals surface area contributed by atoms with Crippen LogP contribution in [-0.4, -0.2) is 17.8 Å². The quantitative estimate of drug-likeness (QED) is 0.738. The highest BCUT2D eigenvalue weighted by Crippen LogP contribution is 2.63. The van der Waals surface area contributed by atoms with E-state index in [0.29, 0.717) is 12.0 Å². The highest BCUT2D eigenvalue weighted by Gasteiger charge is 2.52. The fourth-order valence-corrected chi connectivity index (χ4v) is 5.42. The predicted octanol–water partition coefficient (Wildman–Crippen LogP) is 2.47. The third kappa shape index (κ3) is 1.86. The van der Waals surface area contributed by atoms with Gasteiger partial charge in [0.1, 0.15) is 0 Å². The summed E-state index contributed by atoms with van der Waals surface area (Å²) in [6.07, 6.45) is 10.1. The highest BCUT2D eigenvalue weighted by molar-refractivity contribution is 5.24. The fraction of sp³-hybridized carbons (Fsp3) is 0.867. The van der Waals surface area contributed by atoms with Crippen LogP contribution in [0.5, 0.6) is 0 Å². The van der Waals surface area contributed by atoms with Crippen molar-refractivity contribution in [2.75, 3.05) is 6.54 Å². The smallest absolute Gasteiger partial charge is 0.0727 e. The number of nitrogens with two attached hydrogens (primary N) is 1. The lowest BCUT2D eigenvalue weighted by Gasteiger charge is -2.58. The van der Waals surface area contributed by atoms with Crippen LogP contribution in [0.1, 0.15) is 45.4 Å². The SMILES string of the molecule is CC(O)/C(=C\CN)C12CC3CC(CC(C3)C1)C2. The molecule has 2 heteroatoms. The summed E-state index contributed by atoms with van der Waals surface area (Å²) in [6, 6.07) is 0. The molecule has 17 heavy (non-hydrogen) atoms. The highest BCUT2D eigenvalue weighted by atomic mass is 16.3. The van der Waals surface area contributed by atoms with Gasteiger partial charge in [-0.25, -0.2) is 0 Å². The van der Waals surface area contributed by atoms with E-state index in [1.165, 1.54) is 44.1 Å². The number of aliphatic hydroxyl groups excluding tert-OH is 1. The summed E-state index contributed by atoms with van der Waals surface area (Å²) in [5.74, 6) is 2.79. The molecule has 0 heterocycles. The largest absolute Gasteiger partial charge is 0.389 e. The van der Waals surface area contributed by atoms with Crippen LogP contribution < -0.4 is 5.73 Å². The Morgan fingerprint density at radius 1 is 1.24 bits per heavy atom. The van der Waals surface area contributed by atoms with Crippen LogP contribution in [0.2, 0.25) is 0 Å². The summed E-state index contributed by atoms with van der Waals surface area (Å²) in [5, 5.41) is 10.1. The molecule has 4 fully saturated rings. The molecule has 4 rings (SSSR count). The summed E-state index contributed by atoms with van der Waals surface area (Å²) in [4.78, 5) is 0. The van der Waals surface area contributed by atoms with Crippen LogP contribution in [0.3, 0.4) is 0 Å². The van der Waals surface area contributed by atoms with Gasteiger partial charge >= 0.3 is 0 Å². The molecule has 3 N–H and O–H groups in total. The Morgan fingerprint density at radius 3 is 2.06 bits per heavy atom. The van der Waals surface area contributed by atoms with Gasteiger partial charge in [-0.1, -0.05) is 6.08 Å². The van der Waals surface area contributed by atoms with Crippen LogP contribution in [-0.2, 0) is 0 Å². The molecule has 0 aromatic heterocycles. The van der Waals surface area contributed by atoms with Gasteiger partial charge in [-0.05, 0) is 74.2 Å². The standard InChI is InChI=1S/C15H25NO/c1-10(17)14(2-3-16)15-7-11-4-12(8-15)6-13(5-11)9-15/h2,10-13,17H,3-9,16H2,1H3/b14-2+. The molecular formula is C15H25NO. The molecule has 2 nitrogen and oxygen atoms in total. The van der Waals surface area contributed by atoms with Gasteiger partial charge in [-0.15, -0.1) is 0 Å². The average Bonchev–Trinajstić information content (AvgIpc) is 2.23.